The summed E-state index contributed by atoms with van der Waals surface area (Å²) < 4.78 is 0. The van der Waals surface area contributed by atoms with E-state index in [1.165, 1.54) is 0 Å². The normalized spacial score (nSPS) is 13.9. The fourth-order valence-corrected chi connectivity index (χ4v) is 1.05. The standard InChI is InChI=1S/C10H17Cl2NO/c1-9(11)3-5-13(7-8-14)6-4-10(2)12/h3-4,14H,5-8H2,1-2H3. The van der Waals surface area contributed by atoms with Gasteiger partial charge in [-0.25, -0.2) is 0 Å². The van der Waals surface area contributed by atoms with Gasteiger partial charge in [-0.15, -0.1) is 0 Å². The minimum atomic E-state index is 0.143. The maximum atomic E-state index is 8.82. The molecular formula is C10H17Cl2NO. The summed E-state index contributed by atoms with van der Waals surface area (Å²) in [5.41, 5.74) is 0. The van der Waals surface area contributed by atoms with Crippen molar-refractivity contribution in [1.29, 1.82) is 0 Å². The van der Waals surface area contributed by atoms with Crippen LogP contribution in [0.2, 0.25) is 0 Å². The van der Waals surface area contributed by atoms with E-state index in [0.717, 1.165) is 23.2 Å². The maximum Gasteiger partial charge on any atom is 0.0558 e. The van der Waals surface area contributed by atoms with Gasteiger partial charge in [-0.3, -0.25) is 4.90 Å². The van der Waals surface area contributed by atoms with Crippen molar-refractivity contribution in [2.75, 3.05) is 26.2 Å². The zero-order valence-electron chi connectivity index (χ0n) is 8.63. The van der Waals surface area contributed by atoms with Gasteiger partial charge in [0.25, 0.3) is 0 Å². The molecule has 0 bridgehead atoms. The molecule has 2 nitrogen and oxygen atoms in total. The highest BCUT2D eigenvalue weighted by Gasteiger charge is 1.99. The number of hydrogen-bond donors (Lipinski definition) is 1. The fraction of sp³-hybridized carbons (Fsp3) is 0.600. The highest BCUT2D eigenvalue weighted by atomic mass is 35.5. The third-order valence-electron chi connectivity index (χ3n) is 1.68. The predicted molar refractivity (Wildman–Crippen MR) is 62.7 cm³/mol. The highest BCUT2D eigenvalue weighted by molar-refractivity contribution is 6.29. The van der Waals surface area contributed by atoms with E-state index in [1.807, 2.05) is 26.0 Å². The van der Waals surface area contributed by atoms with Crippen LogP contribution in [-0.4, -0.2) is 36.2 Å². The van der Waals surface area contributed by atoms with Crippen LogP contribution in [0.3, 0.4) is 0 Å². The smallest absolute Gasteiger partial charge is 0.0558 e. The van der Waals surface area contributed by atoms with Gasteiger partial charge in [-0.1, -0.05) is 35.4 Å². The molecule has 0 spiro atoms. The van der Waals surface area contributed by atoms with Crippen LogP contribution < -0.4 is 0 Å². The zero-order valence-corrected chi connectivity index (χ0v) is 10.1. The molecule has 0 aliphatic carbocycles. The molecule has 0 aromatic heterocycles. The lowest BCUT2D eigenvalue weighted by Gasteiger charge is -2.17. The van der Waals surface area contributed by atoms with Gasteiger partial charge in [0.05, 0.1) is 6.61 Å². The number of rotatable bonds is 6. The lowest BCUT2D eigenvalue weighted by molar-refractivity contribution is 0.220. The second-order valence-corrected chi connectivity index (χ2v) is 4.26. The molecule has 0 unspecified atom stereocenters. The Bertz CT molecular complexity index is 186. The highest BCUT2D eigenvalue weighted by Crippen LogP contribution is 2.02. The number of nitrogens with zero attached hydrogens (tertiary/aromatic N) is 1. The number of aliphatic hydroxyl groups is 1. The Morgan fingerprint density at radius 3 is 1.86 bits per heavy atom. The molecule has 82 valence electrons. The van der Waals surface area contributed by atoms with Crippen LogP contribution in [0.5, 0.6) is 0 Å². The molecule has 4 heteroatoms. The quantitative estimate of drug-likeness (QED) is 0.768. The summed E-state index contributed by atoms with van der Waals surface area (Å²) in [7, 11) is 0. The SMILES string of the molecule is CC(Cl)=CCN(CC=C(C)Cl)CCO. The molecule has 0 amide bonds. The average molecular weight is 238 g/mol. The second kappa shape index (κ2) is 8.30. The number of halogens is 2. The largest absolute Gasteiger partial charge is 0.395 e. The first-order valence-corrected chi connectivity index (χ1v) is 5.29. The van der Waals surface area contributed by atoms with E-state index in [2.05, 4.69) is 4.90 Å². The Kier molecular flexibility index (Phi) is 8.29. The Hall–Kier alpha value is -0.0200. The average Bonchev–Trinajstić information content (AvgIpc) is 2.09. The monoisotopic (exact) mass is 237 g/mol. The second-order valence-electron chi connectivity index (χ2n) is 3.06. The van der Waals surface area contributed by atoms with Gasteiger partial charge in [0.1, 0.15) is 0 Å². The summed E-state index contributed by atoms with van der Waals surface area (Å²) >= 11 is 11.4. The number of aliphatic hydroxyl groups excluding tert-OH is 1. The summed E-state index contributed by atoms with van der Waals surface area (Å²) in [5, 5.41) is 10.3. The lowest BCUT2D eigenvalue weighted by atomic mass is 10.4. The van der Waals surface area contributed by atoms with E-state index in [9.17, 15) is 0 Å². The molecular weight excluding hydrogens is 221 g/mol. The molecule has 1 N–H and O–H groups in total. The Balaban J connectivity index is 4.02. The maximum absolute atomic E-state index is 8.82. The number of hydrogen-bond acceptors (Lipinski definition) is 2. The van der Waals surface area contributed by atoms with Crippen LogP contribution >= 0.6 is 23.2 Å². The summed E-state index contributed by atoms with van der Waals surface area (Å²) in [6.45, 7) is 5.90. The van der Waals surface area contributed by atoms with Crippen molar-refractivity contribution in [3.8, 4) is 0 Å². The molecule has 0 fully saturated rings. The van der Waals surface area contributed by atoms with Crippen molar-refractivity contribution >= 4 is 23.2 Å². The van der Waals surface area contributed by atoms with Gasteiger partial charge in [0.2, 0.25) is 0 Å². The van der Waals surface area contributed by atoms with Gasteiger partial charge in [-0.05, 0) is 13.8 Å². The first-order chi connectivity index (χ1) is 6.56. The Morgan fingerprint density at radius 2 is 1.57 bits per heavy atom. The Morgan fingerprint density at radius 1 is 1.14 bits per heavy atom. The molecule has 0 saturated heterocycles. The minimum absolute atomic E-state index is 0.143. The molecule has 14 heavy (non-hydrogen) atoms. The first kappa shape index (κ1) is 14.0. The van der Waals surface area contributed by atoms with Gasteiger partial charge < -0.3 is 5.11 Å². The van der Waals surface area contributed by atoms with Crippen molar-refractivity contribution in [2.24, 2.45) is 0 Å². The van der Waals surface area contributed by atoms with Gasteiger partial charge in [0, 0.05) is 29.7 Å². The van der Waals surface area contributed by atoms with Crippen LogP contribution in [0.25, 0.3) is 0 Å². The van der Waals surface area contributed by atoms with Gasteiger partial charge in [0.15, 0.2) is 0 Å². The Labute approximate surface area is 95.8 Å². The molecule has 0 rings (SSSR count). The van der Waals surface area contributed by atoms with Crippen LogP contribution in [0.1, 0.15) is 13.8 Å². The van der Waals surface area contributed by atoms with Crippen molar-refractivity contribution in [2.45, 2.75) is 13.8 Å². The molecule has 0 atom stereocenters. The first-order valence-electron chi connectivity index (χ1n) is 4.54. The topological polar surface area (TPSA) is 23.5 Å². The van der Waals surface area contributed by atoms with Crippen LogP contribution in [0, 0.1) is 0 Å². The molecule has 0 aliphatic rings. The molecule has 0 saturated carbocycles. The molecule has 0 aromatic rings. The van der Waals surface area contributed by atoms with E-state index in [4.69, 9.17) is 28.3 Å². The molecule has 0 heterocycles. The van der Waals surface area contributed by atoms with Crippen molar-refractivity contribution in [3.63, 3.8) is 0 Å². The van der Waals surface area contributed by atoms with Crippen molar-refractivity contribution in [1.82, 2.24) is 4.90 Å². The molecule has 0 aromatic carbocycles. The van der Waals surface area contributed by atoms with Gasteiger partial charge in [-0.2, -0.15) is 0 Å². The number of allylic oxidation sites excluding steroid dienone is 2. The fourth-order valence-electron chi connectivity index (χ4n) is 0.908. The third-order valence-corrected chi connectivity index (χ3v) is 1.99. The summed E-state index contributed by atoms with van der Waals surface area (Å²) in [6.07, 6.45) is 3.82. The van der Waals surface area contributed by atoms with E-state index < -0.39 is 0 Å². The van der Waals surface area contributed by atoms with Crippen LogP contribution in [-0.2, 0) is 0 Å². The predicted octanol–water partition coefficient (Wildman–Crippen LogP) is 2.57. The van der Waals surface area contributed by atoms with E-state index in [-0.39, 0.29) is 6.61 Å². The van der Waals surface area contributed by atoms with Crippen LogP contribution in [0.15, 0.2) is 22.2 Å². The summed E-state index contributed by atoms with van der Waals surface area (Å²) in [4.78, 5) is 2.05. The lowest BCUT2D eigenvalue weighted by Crippen LogP contribution is -2.27. The molecule has 0 aliphatic heterocycles. The van der Waals surface area contributed by atoms with E-state index >= 15 is 0 Å². The summed E-state index contributed by atoms with van der Waals surface area (Å²) in [5.74, 6) is 0. The van der Waals surface area contributed by atoms with Crippen LogP contribution in [0.4, 0.5) is 0 Å². The van der Waals surface area contributed by atoms with Crippen molar-refractivity contribution < 1.29 is 5.11 Å². The zero-order chi connectivity index (χ0) is 11.0. The van der Waals surface area contributed by atoms with E-state index in [1.54, 1.807) is 0 Å². The molecule has 0 radical (unpaired) electrons. The summed E-state index contributed by atoms with van der Waals surface area (Å²) in [6, 6.07) is 0. The third kappa shape index (κ3) is 8.57. The van der Waals surface area contributed by atoms with Crippen molar-refractivity contribution in [3.05, 3.63) is 22.2 Å². The van der Waals surface area contributed by atoms with Gasteiger partial charge >= 0.3 is 0 Å². The van der Waals surface area contributed by atoms with E-state index in [0.29, 0.717) is 6.54 Å². The minimum Gasteiger partial charge on any atom is -0.395 e.